The van der Waals surface area contributed by atoms with Crippen LogP contribution < -0.4 is 10.6 Å². The quantitative estimate of drug-likeness (QED) is 0.253. The van der Waals surface area contributed by atoms with Gasteiger partial charge in [0, 0.05) is 35.1 Å². The molecule has 0 saturated heterocycles. The van der Waals surface area contributed by atoms with Crippen molar-refractivity contribution in [3.8, 4) is 11.1 Å². The molecule has 1 aliphatic carbocycles. The first-order chi connectivity index (χ1) is 17.6. The van der Waals surface area contributed by atoms with Gasteiger partial charge in [-0.05, 0) is 85.3 Å². The molecule has 38 heavy (non-hydrogen) atoms. The highest BCUT2D eigenvalue weighted by Gasteiger charge is 2.65. The highest BCUT2D eigenvalue weighted by Crippen LogP contribution is 3.02. The summed E-state index contributed by atoms with van der Waals surface area (Å²) < 4.78 is 86.7. The highest BCUT2D eigenvalue weighted by molar-refractivity contribution is 8.45. The van der Waals surface area contributed by atoms with Gasteiger partial charge in [0.2, 0.25) is 0 Å². The summed E-state index contributed by atoms with van der Waals surface area (Å²) in [6.45, 7) is 0. The number of amides is 1. The van der Waals surface area contributed by atoms with Crippen LogP contribution in [0, 0.1) is 4.78 Å². The molecule has 13 heteroatoms. The van der Waals surface area contributed by atoms with E-state index in [0.717, 1.165) is 23.3 Å². The van der Waals surface area contributed by atoms with Crippen molar-refractivity contribution < 1.29 is 28.4 Å². The molecule has 0 aliphatic heterocycles. The number of nitrogens with one attached hydrogen (secondary N) is 3. The number of nitrogens with zero attached hydrogens (tertiary/aromatic N) is 1. The topological polar surface area (TPSA) is 94.9 Å². The Morgan fingerprint density at radius 1 is 0.921 bits per heavy atom. The average molecular weight is 575 g/mol. The molecule has 1 unspecified atom stereocenters. The van der Waals surface area contributed by atoms with Crippen LogP contribution in [0.5, 0.6) is 0 Å². The van der Waals surface area contributed by atoms with Gasteiger partial charge in [0.1, 0.15) is 10.6 Å². The second kappa shape index (κ2) is 9.23. The molecule has 1 aliphatic rings. The van der Waals surface area contributed by atoms with Crippen LogP contribution in [-0.4, -0.2) is 33.4 Å². The van der Waals surface area contributed by atoms with E-state index in [2.05, 4.69) is 15.6 Å². The minimum absolute atomic E-state index is 0.143. The van der Waals surface area contributed by atoms with Crippen molar-refractivity contribution in [3.63, 3.8) is 0 Å². The largest absolute Gasteiger partial charge is 0.382 e. The van der Waals surface area contributed by atoms with Gasteiger partial charge in [-0.1, -0.05) is 31.6 Å². The summed E-state index contributed by atoms with van der Waals surface area (Å²) >= 11 is 0. The summed E-state index contributed by atoms with van der Waals surface area (Å²) in [4.78, 5) is 14.3. The standard InChI is InChI=1S/C25H27F5N4O2S2/c1-32-25(35)24-16-18(14-15-33-24)17-2-8-21(9-3-17)37(31,36)22-10-4-19(5-11-22)34-20-6-12-23(13-7-20)38(26,27,28,29)30/h2-3,6-9,12-16,19,22,31,34H,4-5,10-11H2,1H3,(H,32,35). The van der Waals surface area contributed by atoms with Gasteiger partial charge in [-0.2, -0.15) is 0 Å². The number of carbonyl (C=O) groups excluding carboxylic acids is 1. The van der Waals surface area contributed by atoms with Gasteiger partial charge in [-0.3, -0.25) is 9.78 Å². The molecule has 1 aromatic heterocycles. The molecule has 3 aromatic rings. The Hall–Kier alpha value is -3.19. The van der Waals surface area contributed by atoms with Gasteiger partial charge >= 0.3 is 10.2 Å². The molecule has 1 heterocycles. The fraction of sp³-hybridized carbons (Fsp3) is 0.280. The number of aromatic nitrogens is 1. The Labute approximate surface area is 217 Å². The molecule has 3 N–H and O–H groups in total. The molecule has 1 amide bonds. The van der Waals surface area contributed by atoms with Gasteiger partial charge in [-0.15, -0.1) is 0 Å². The van der Waals surface area contributed by atoms with Crippen molar-refractivity contribution in [1.82, 2.24) is 10.3 Å². The van der Waals surface area contributed by atoms with Crippen LogP contribution in [0.2, 0.25) is 0 Å². The number of hydrogen-bond acceptors (Lipinski definition) is 5. The molecule has 0 spiro atoms. The van der Waals surface area contributed by atoms with Gasteiger partial charge in [0.25, 0.3) is 5.91 Å². The van der Waals surface area contributed by atoms with Crippen molar-refractivity contribution in [3.05, 3.63) is 72.6 Å². The summed E-state index contributed by atoms with van der Waals surface area (Å²) in [5.41, 5.74) is 2.08. The number of hydrogen-bond donors (Lipinski definition) is 3. The molecule has 0 radical (unpaired) electrons. The van der Waals surface area contributed by atoms with Gasteiger partial charge < -0.3 is 10.6 Å². The molecular formula is C25H27F5N4O2S2. The van der Waals surface area contributed by atoms with Crippen LogP contribution in [0.25, 0.3) is 11.1 Å². The fourth-order valence-electron chi connectivity index (χ4n) is 4.49. The lowest BCUT2D eigenvalue weighted by atomic mass is 9.95. The number of rotatable bonds is 7. The van der Waals surface area contributed by atoms with Crippen molar-refractivity contribution >= 4 is 31.5 Å². The minimum Gasteiger partial charge on any atom is -0.382 e. The van der Waals surface area contributed by atoms with Gasteiger partial charge in [0.15, 0.2) is 0 Å². The van der Waals surface area contributed by atoms with E-state index in [-0.39, 0.29) is 23.3 Å². The monoisotopic (exact) mass is 574 g/mol. The molecule has 206 valence electrons. The van der Waals surface area contributed by atoms with E-state index >= 15 is 0 Å². The van der Waals surface area contributed by atoms with Crippen molar-refractivity contribution in [2.45, 2.75) is 46.8 Å². The maximum Gasteiger partial charge on any atom is 0.310 e. The summed E-state index contributed by atoms with van der Waals surface area (Å²) in [5, 5.41) is 5.17. The zero-order valence-electron chi connectivity index (χ0n) is 20.3. The van der Waals surface area contributed by atoms with E-state index in [0.29, 0.717) is 42.7 Å². The predicted octanol–water partition coefficient (Wildman–Crippen LogP) is 7.59. The third-order valence-corrected chi connectivity index (χ3v) is 10.1. The number of halogens is 5. The van der Waals surface area contributed by atoms with Crippen molar-refractivity contribution in [2.24, 2.45) is 0 Å². The van der Waals surface area contributed by atoms with Crippen LogP contribution in [0.4, 0.5) is 25.1 Å². The van der Waals surface area contributed by atoms with Crippen LogP contribution in [0.3, 0.4) is 0 Å². The van der Waals surface area contributed by atoms with Gasteiger partial charge in [0.05, 0.1) is 9.73 Å². The molecule has 6 nitrogen and oxygen atoms in total. The lowest BCUT2D eigenvalue weighted by Crippen LogP contribution is -2.32. The maximum atomic E-state index is 13.4. The van der Waals surface area contributed by atoms with Crippen LogP contribution >= 0.6 is 10.2 Å². The van der Waals surface area contributed by atoms with Crippen LogP contribution in [0.15, 0.2) is 76.7 Å². The van der Waals surface area contributed by atoms with E-state index in [1.807, 2.05) is 0 Å². The first-order valence-corrected chi connectivity index (χ1v) is 15.3. The molecule has 4 rings (SSSR count). The Morgan fingerprint density at radius 2 is 1.53 bits per heavy atom. The van der Waals surface area contributed by atoms with E-state index in [1.54, 1.807) is 36.4 Å². The first-order valence-electron chi connectivity index (χ1n) is 11.7. The Kier molecular flexibility index (Phi) is 6.76. The molecule has 1 atom stereocenters. The molecule has 0 bridgehead atoms. The summed E-state index contributed by atoms with van der Waals surface area (Å²) in [7, 11) is -11.3. The second-order valence-corrected chi connectivity index (χ2v) is 14.0. The van der Waals surface area contributed by atoms with Crippen LogP contribution in [0.1, 0.15) is 36.2 Å². The lowest BCUT2D eigenvalue weighted by molar-refractivity contribution is 0.0958. The third-order valence-electron chi connectivity index (χ3n) is 6.57. The zero-order chi connectivity index (χ0) is 27.8. The second-order valence-electron chi connectivity index (χ2n) is 9.25. The number of carbonyl (C=O) groups is 1. The molecule has 2 aromatic carbocycles. The third kappa shape index (κ3) is 6.26. The number of benzene rings is 2. The lowest BCUT2D eigenvalue weighted by Gasteiger charge is -2.40. The smallest absolute Gasteiger partial charge is 0.310 e. The highest BCUT2D eigenvalue weighted by atomic mass is 32.5. The fourth-order valence-corrected chi connectivity index (χ4v) is 7.00. The van der Waals surface area contributed by atoms with Crippen LogP contribution in [-0.2, 0) is 9.73 Å². The molecule has 1 fully saturated rings. The van der Waals surface area contributed by atoms with Crippen molar-refractivity contribution in [1.29, 1.82) is 4.78 Å². The summed E-state index contributed by atoms with van der Waals surface area (Å²) in [6.07, 6.45) is 3.51. The molecular weight excluding hydrogens is 547 g/mol. The van der Waals surface area contributed by atoms with E-state index in [4.69, 9.17) is 4.78 Å². The predicted molar refractivity (Wildman–Crippen MR) is 140 cm³/mol. The Morgan fingerprint density at radius 3 is 2.08 bits per heavy atom. The van der Waals surface area contributed by atoms with E-state index < -0.39 is 30.1 Å². The SMILES string of the molecule is CNC(=O)c1cc(-c2ccc(S(=N)(=O)C3CCC(Nc4ccc(S(F)(F)(F)(F)F)cc4)CC3)cc2)ccn1. The zero-order valence-corrected chi connectivity index (χ0v) is 21.9. The van der Waals surface area contributed by atoms with Gasteiger partial charge in [-0.25, -0.2) is 8.99 Å². The van der Waals surface area contributed by atoms with E-state index in [1.165, 1.54) is 13.2 Å². The Balaban J connectivity index is 1.39. The average Bonchev–Trinajstić information content (AvgIpc) is 2.87. The minimum atomic E-state index is -9.71. The normalized spacial score (nSPS) is 21.4. The first kappa shape index (κ1) is 27.8. The maximum absolute atomic E-state index is 13.4. The number of pyridine rings is 1. The molecule has 1 saturated carbocycles. The van der Waals surface area contributed by atoms with E-state index in [9.17, 15) is 28.4 Å². The Bertz CT molecular complexity index is 1440. The summed E-state index contributed by atoms with van der Waals surface area (Å²) in [6, 6.07) is 12.7. The van der Waals surface area contributed by atoms with Crippen molar-refractivity contribution in [2.75, 3.05) is 12.4 Å². The number of anilines is 1. The summed E-state index contributed by atoms with van der Waals surface area (Å²) in [5.74, 6) is -0.316.